The smallest absolute Gasteiger partial charge is 0.331 e. The standard InChI is InChI=1S/C21H21NO6/c1-2-26-20(24)12-13-21(25)28-15-19(23)22-17-8-10-18(11-9-17)27-14-16-6-4-3-5-7-16/h3-13H,2,14-15H2,1H3,(H,22,23). The third-order valence-electron chi connectivity index (χ3n) is 3.37. The molecule has 0 fully saturated rings. The summed E-state index contributed by atoms with van der Waals surface area (Å²) in [4.78, 5) is 34.3. The van der Waals surface area contributed by atoms with Gasteiger partial charge in [0.1, 0.15) is 12.4 Å². The highest BCUT2D eigenvalue weighted by molar-refractivity contribution is 5.95. The summed E-state index contributed by atoms with van der Waals surface area (Å²) < 4.78 is 15.0. The van der Waals surface area contributed by atoms with Gasteiger partial charge < -0.3 is 19.5 Å². The van der Waals surface area contributed by atoms with Crippen LogP contribution in [-0.2, 0) is 30.5 Å². The normalized spacial score (nSPS) is 10.3. The van der Waals surface area contributed by atoms with Crippen LogP contribution in [0.1, 0.15) is 12.5 Å². The van der Waals surface area contributed by atoms with Gasteiger partial charge in [-0.25, -0.2) is 9.59 Å². The quantitative estimate of drug-likeness (QED) is 0.529. The van der Waals surface area contributed by atoms with Gasteiger partial charge in [0.05, 0.1) is 6.61 Å². The molecule has 0 saturated carbocycles. The van der Waals surface area contributed by atoms with Gasteiger partial charge in [0.2, 0.25) is 0 Å². The Morgan fingerprint density at radius 2 is 1.54 bits per heavy atom. The number of esters is 2. The largest absolute Gasteiger partial charge is 0.489 e. The van der Waals surface area contributed by atoms with Crippen LogP contribution in [0.3, 0.4) is 0 Å². The fourth-order valence-corrected chi connectivity index (χ4v) is 2.08. The Hall–Kier alpha value is -3.61. The zero-order chi connectivity index (χ0) is 20.2. The van der Waals surface area contributed by atoms with Gasteiger partial charge in [-0.15, -0.1) is 0 Å². The Bertz CT molecular complexity index is 815. The zero-order valence-corrected chi connectivity index (χ0v) is 15.4. The highest BCUT2D eigenvalue weighted by Crippen LogP contribution is 2.17. The van der Waals surface area contributed by atoms with Gasteiger partial charge in [0, 0.05) is 17.8 Å². The van der Waals surface area contributed by atoms with Crippen LogP contribution in [0.25, 0.3) is 0 Å². The van der Waals surface area contributed by atoms with E-state index in [1.807, 2.05) is 30.3 Å². The second kappa shape index (κ2) is 11.2. The van der Waals surface area contributed by atoms with E-state index in [1.165, 1.54) is 0 Å². The summed E-state index contributed by atoms with van der Waals surface area (Å²) in [5.41, 5.74) is 1.59. The first-order chi connectivity index (χ1) is 13.6. The van der Waals surface area contributed by atoms with Crippen LogP contribution >= 0.6 is 0 Å². The molecule has 146 valence electrons. The van der Waals surface area contributed by atoms with Gasteiger partial charge in [0.15, 0.2) is 6.61 Å². The van der Waals surface area contributed by atoms with Crippen LogP contribution < -0.4 is 10.1 Å². The van der Waals surface area contributed by atoms with Crippen molar-refractivity contribution >= 4 is 23.5 Å². The van der Waals surface area contributed by atoms with E-state index in [2.05, 4.69) is 10.1 Å². The number of hydrogen-bond acceptors (Lipinski definition) is 6. The first-order valence-corrected chi connectivity index (χ1v) is 8.65. The van der Waals surface area contributed by atoms with E-state index in [1.54, 1.807) is 31.2 Å². The summed E-state index contributed by atoms with van der Waals surface area (Å²) in [5.74, 6) is -1.31. The number of hydrogen-bond donors (Lipinski definition) is 1. The number of ether oxygens (including phenoxy) is 3. The molecule has 7 heteroatoms. The average molecular weight is 383 g/mol. The molecule has 2 aromatic carbocycles. The predicted octanol–water partition coefficient (Wildman–Crippen LogP) is 2.87. The highest BCUT2D eigenvalue weighted by atomic mass is 16.5. The van der Waals surface area contributed by atoms with Crippen molar-refractivity contribution in [2.24, 2.45) is 0 Å². The molecule has 0 bridgehead atoms. The van der Waals surface area contributed by atoms with Crippen molar-refractivity contribution in [1.29, 1.82) is 0 Å². The molecule has 0 aliphatic heterocycles. The molecule has 28 heavy (non-hydrogen) atoms. The molecule has 1 amide bonds. The molecule has 0 aliphatic carbocycles. The molecular formula is C21H21NO6. The van der Waals surface area contributed by atoms with E-state index in [4.69, 9.17) is 9.47 Å². The van der Waals surface area contributed by atoms with Gasteiger partial charge >= 0.3 is 11.9 Å². The molecule has 2 aromatic rings. The minimum Gasteiger partial charge on any atom is -0.489 e. The fraction of sp³-hybridized carbons (Fsp3) is 0.190. The average Bonchev–Trinajstić information content (AvgIpc) is 2.71. The second-order valence-corrected chi connectivity index (χ2v) is 5.54. The Morgan fingerprint density at radius 1 is 0.893 bits per heavy atom. The molecule has 2 rings (SSSR count). The number of rotatable bonds is 9. The number of amides is 1. The predicted molar refractivity (Wildman–Crippen MR) is 103 cm³/mol. The Kier molecular flexibility index (Phi) is 8.26. The lowest BCUT2D eigenvalue weighted by Gasteiger charge is -2.08. The van der Waals surface area contributed by atoms with E-state index in [-0.39, 0.29) is 6.61 Å². The molecule has 1 N–H and O–H groups in total. The third kappa shape index (κ3) is 7.74. The van der Waals surface area contributed by atoms with Gasteiger partial charge in [-0.2, -0.15) is 0 Å². The van der Waals surface area contributed by atoms with E-state index in [9.17, 15) is 14.4 Å². The lowest BCUT2D eigenvalue weighted by molar-refractivity contribution is -0.143. The molecule has 0 saturated heterocycles. The van der Waals surface area contributed by atoms with Crippen molar-refractivity contribution < 1.29 is 28.6 Å². The van der Waals surface area contributed by atoms with Crippen LogP contribution in [0.15, 0.2) is 66.7 Å². The summed E-state index contributed by atoms with van der Waals surface area (Å²) in [6, 6.07) is 16.6. The molecule has 0 unspecified atom stereocenters. The van der Waals surface area contributed by atoms with Gasteiger partial charge in [-0.1, -0.05) is 30.3 Å². The molecule has 0 spiro atoms. The van der Waals surface area contributed by atoms with Crippen molar-refractivity contribution in [1.82, 2.24) is 0 Å². The monoisotopic (exact) mass is 383 g/mol. The van der Waals surface area contributed by atoms with Gasteiger partial charge in [-0.05, 0) is 36.8 Å². The summed E-state index contributed by atoms with van der Waals surface area (Å²) in [7, 11) is 0. The van der Waals surface area contributed by atoms with Crippen molar-refractivity contribution in [2.45, 2.75) is 13.5 Å². The molecule has 0 heterocycles. The first kappa shape index (κ1) is 20.7. The minimum atomic E-state index is -0.812. The van der Waals surface area contributed by atoms with Crippen molar-refractivity contribution in [2.75, 3.05) is 18.5 Å². The van der Waals surface area contributed by atoms with E-state index in [0.717, 1.165) is 17.7 Å². The highest BCUT2D eigenvalue weighted by Gasteiger charge is 2.07. The van der Waals surface area contributed by atoms with E-state index in [0.29, 0.717) is 18.0 Å². The topological polar surface area (TPSA) is 90.9 Å². The number of carbonyl (C=O) groups excluding carboxylic acids is 3. The summed E-state index contributed by atoms with van der Waals surface area (Å²) in [6.07, 6.45) is 1.85. The van der Waals surface area contributed by atoms with Crippen LogP contribution in [0.4, 0.5) is 5.69 Å². The van der Waals surface area contributed by atoms with E-state index >= 15 is 0 Å². The van der Waals surface area contributed by atoms with Gasteiger partial charge in [0.25, 0.3) is 5.91 Å². The maximum absolute atomic E-state index is 11.8. The maximum Gasteiger partial charge on any atom is 0.331 e. The lowest BCUT2D eigenvalue weighted by Crippen LogP contribution is -2.20. The zero-order valence-electron chi connectivity index (χ0n) is 15.4. The lowest BCUT2D eigenvalue weighted by atomic mass is 10.2. The number of benzene rings is 2. The number of carbonyl (C=O) groups is 3. The molecular weight excluding hydrogens is 362 g/mol. The number of nitrogens with one attached hydrogen (secondary N) is 1. The molecule has 7 nitrogen and oxygen atoms in total. The minimum absolute atomic E-state index is 0.205. The molecule has 0 aromatic heterocycles. The molecule has 0 aliphatic rings. The van der Waals surface area contributed by atoms with Crippen molar-refractivity contribution in [3.05, 3.63) is 72.3 Å². The summed E-state index contributed by atoms with van der Waals surface area (Å²) in [5, 5.41) is 2.60. The SMILES string of the molecule is CCOC(=O)C=CC(=O)OCC(=O)Nc1ccc(OCc2ccccc2)cc1. The summed E-state index contributed by atoms with van der Waals surface area (Å²) >= 11 is 0. The van der Waals surface area contributed by atoms with Crippen molar-refractivity contribution in [3.8, 4) is 5.75 Å². The maximum atomic E-state index is 11.8. The van der Waals surface area contributed by atoms with Crippen molar-refractivity contribution in [3.63, 3.8) is 0 Å². The Labute approximate surface area is 162 Å². The van der Waals surface area contributed by atoms with E-state index < -0.39 is 24.5 Å². The fourth-order valence-electron chi connectivity index (χ4n) is 2.08. The van der Waals surface area contributed by atoms with Crippen LogP contribution in [0.5, 0.6) is 5.75 Å². The van der Waals surface area contributed by atoms with Crippen LogP contribution in [0, 0.1) is 0 Å². The van der Waals surface area contributed by atoms with Gasteiger partial charge in [-0.3, -0.25) is 4.79 Å². The second-order valence-electron chi connectivity index (χ2n) is 5.54. The Balaban J connectivity index is 1.73. The Morgan fingerprint density at radius 3 is 2.18 bits per heavy atom. The number of anilines is 1. The molecule has 0 atom stereocenters. The van der Waals surface area contributed by atoms with Crippen LogP contribution in [0.2, 0.25) is 0 Å². The third-order valence-corrected chi connectivity index (χ3v) is 3.37. The molecule has 0 radical (unpaired) electrons. The van der Waals surface area contributed by atoms with Crippen LogP contribution in [-0.4, -0.2) is 31.1 Å². The first-order valence-electron chi connectivity index (χ1n) is 8.65. The summed E-state index contributed by atoms with van der Waals surface area (Å²) in [6.45, 7) is 1.83.